The van der Waals surface area contributed by atoms with E-state index in [1.807, 2.05) is 51.1 Å². The third-order valence-electron chi connectivity index (χ3n) is 14.8. The molecule has 3 aromatic carbocycles. The normalized spacial score (nSPS) is 10.8. The molecule has 0 aliphatic heterocycles. The molecule has 0 unspecified atom stereocenters. The van der Waals surface area contributed by atoms with Crippen molar-refractivity contribution in [1.82, 2.24) is 68.9 Å². The molecule has 0 fully saturated rings. The first-order chi connectivity index (χ1) is 62.1. The summed E-state index contributed by atoms with van der Waals surface area (Å²) in [6.07, 6.45) is 30.6. The van der Waals surface area contributed by atoms with Crippen LogP contribution in [0.3, 0.4) is 0 Å². The highest BCUT2D eigenvalue weighted by Crippen LogP contribution is 2.17. The Balaban J connectivity index is 0.000000185. The lowest BCUT2D eigenvalue weighted by atomic mass is 10.2. The Morgan fingerprint density at radius 2 is 0.945 bits per heavy atom. The van der Waals surface area contributed by atoms with Crippen molar-refractivity contribution in [3.8, 4) is 0 Å². The number of rotatable bonds is 27. The smallest absolute Gasteiger partial charge is 0.291 e. The van der Waals surface area contributed by atoms with Crippen LogP contribution in [0.25, 0.3) is 6.08 Å². The van der Waals surface area contributed by atoms with E-state index in [-0.39, 0.29) is 41.8 Å². The quantitative estimate of drug-likeness (QED) is 0.00989. The Labute approximate surface area is 753 Å². The predicted molar refractivity (Wildman–Crippen MR) is 482 cm³/mol. The number of allylic oxidation sites excluding steroid dienone is 1. The lowest BCUT2D eigenvalue weighted by Gasteiger charge is -2.05. The molecule has 11 heterocycles. The summed E-state index contributed by atoms with van der Waals surface area (Å²) in [6.45, 7) is 7.06. The highest BCUT2D eigenvalue weighted by atomic mass is 127. The fraction of sp³-hybridized carbons (Fsp3) is 0.0698. The first-order valence-electron chi connectivity index (χ1n) is 37.1. The van der Waals surface area contributed by atoms with Gasteiger partial charge in [0.05, 0.1) is 117 Å². The molecule has 11 aromatic heterocycles. The summed E-state index contributed by atoms with van der Waals surface area (Å²) in [5.74, 6) is 2.65. The SMILES string of the molecule is Cc1cc(C(=O)N/N=C/c2ccc(C)o2)n[nH]1.Cc1ccc(/C=N/NC(=O)c2cccc(I)c2)o1.Cc1occc1C(=O)N/N=C/C=C\c1ccco1.O=C(CC(=O)N/N=C/c1ccco1)N/N=C/c1ccco1.O=C(CNC(=O)c1ccccc1Br)N/N=C/c1ccoc1.O=C(N/N=C/c1ccco1)c1ccc(Cl)cc1.O=C(N/N=C\c1ccco1)c1cnccn1. The molecule has 0 bridgehead atoms. The van der Waals surface area contributed by atoms with E-state index in [2.05, 4.69) is 148 Å². The Kier molecular flexibility index (Phi) is 41.3. The molecule has 0 atom stereocenters. The van der Waals surface area contributed by atoms with Gasteiger partial charge in [-0.15, -0.1) is 0 Å². The van der Waals surface area contributed by atoms with Crippen molar-refractivity contribution in [2.24, 2.45) is 40.8 Å². The number of halogens is 3. The van der Waals surface area contributed by atoms with Gasteiger partial charge in [-0.3, -0.25) is 53.2 Å². The number of nitrogens with one attached hydrogen (secondary N) is 10. The van der Waals surface area contributed by atoms with Crippen molar-refractivity contribution < 1.29 is 82.9 Å². The van der Waals surface area contributed by atoms with Crippen LogP contribution in [0.4, 0.5) is 0 Å². The summed E-state index contributed by atoms with van der Waals surface area (Å²) in [7, 11) is 0. The number of benzene rings is 3. The van der Waals surface area contributed by atoms with Crippen LogP contribution in [-0.2, 0) is 14.4 Å². The van der Waals surface area contributed by atoms with Gasteiger partial charge >= 0.3 is 0 Å². The van der Waals surface area contributed by atoms with E-state index in [0.717, 1.165) is 32.1 Å². The summed E-state index contributed by atoms with van der Waals surface area (Å²) in [6, 6.07) is 50.2. The number of furan rings is 9. The lowest BCUT2D eigenvalue weighted by molar-refractivity contribution is -0.129. The first-order valence-corrected chi connectivity index (χ1v) is 39.3. The van der Waals surface area contributed by atoms with E-state index in [0.29, 0.717) is 77.8 Å². The number of nitrogens with zero attached hydrogens (tertiary/aromatic N) is 11. The number of H-pyrrole nitrogens is 1. The highest BCUT2D eigenvalue weighted by molar-refractivity contribution is 14.1. The number of carbonyl (C=O) groups excluding carboxylic acids is 9. The van der Waals surface area contributed by atoms with E-state index in [9.17, 15) is 43.2 Å². The molecule has 14 aromatic rings. The molecule has 0 spiro atoms. The highest BCUT2D eigenvalue weighted by Gasteiger charge is 2.14. The molecule has 128 heavy (non-hydrogen) atoms. The summed E-state index contributed by atoms with van der Waals surface area (Å²) in [5.41, 5.74) is 22.7. The monoisotopic (exact) mass is 1930 g/mol. The second kappa shape index (κ2) is 54.6. The largest absolute Gasteiger partial charge is 0.472 e. The van der Waals surface area contributed by atoms with E-state index in [1.165, 1.54) is 112 Å². The van der Waals surface area contributed by atoms with Crippen LogP contribution in [0, 0.1) is 31.3 Å². The molecule has 0 saturated carbocycles. The van der Waals surface area contributed by atoms with Crippen molar-refractivity contribution in [2.75, 3.05) is 6.54 Å². The number of hydrogen-bond donors (Lipinski definition) is 10. The zero-order valence-electron chi connectivity index (χ0n) is 67.7. The molecular formula is C86H76BrClIN21O18. The number of aromatic amines is 1. The van der Waals surface area contributed by atoms with Gasteiger partial charge in [-0.1, -0.05) is 29.8 Å². The first kappa shape index (κ1) is 96.8. The maximum atomic E-state index is 11.9. The Hall–Kier alpha value is -16.7. The van der Waals surface area contributed by atoms with Crippen LogP contribution in [0.2, 0.25) is 5.02 Å². The van der Waals surface area contributed by atoms with Gasteiger partial charge in [0.2, 0.25) is 11.8 Å². The summed E-state index contributed by atoms with van der Waals surface area (Å²) in [4.78, 5) is 112. The average molecular weight is 1930 g/mol. The van der Waals surface area contributed by atoms with Crippen LogP contribution < -0.4 is 48.7 Å². The van der Waals surface area contributed by atoms with Crippen LogP contribution in [0.1, 0.15) is 138 Å². The van der Waals surface area contributed by atoms with Crippen molar-refractivity contribution in [3.05, 3.63) is 366 Å². The minimum atomic E-state index is -0.566. The zero-order valence-corrected chi connectivity index (χ0v) is 72.2. The molecule has 0 saturated heterocycles. The van der Waals surface area contributed by atoms with Gasteiger partial charge in [-0.2, -0.15) is 45.9 Å². The van der Waals surface area contributed by atoms with E-state index < -0.39 is 30.0 Å². The van der Waals surface area contributed by atoms with Gasteiger partial charge in [0.25, 0.3) is 41.4 Å². The maximum absolute atomic E-state index is 11.9. The van der Waals surface area contributed by atoms with E-state index in [1.54, 1.807) is 171 Å². The Bertz CT molecular complexity index is 6000. The molecule has 39 nitrogen and oxygen atoms in total. The lowest BCUT2D eigenvalue weighted by Crippen LogP contribution is -2.35. The molecule has 654 valence electrons. The molecule has 0 radical (unpaired) electrons. The zero-order chi connectivity index (χ0) is 91.3. The van der Waals surface area contributed by atoms with Gasteiger partial charge in [-0.05, 0) is 236 Å². The van der Waals surface area contributed by atoms with Crippen molar-refractivity contribution in [3.63, 3.8) is 0 Å². The summed E-state index contributed by atoms with van der Waals surface area (Å²) >= 11 is 11.1. The Morgan fingerprint density at radius 3 is 1.42 bits per heavy atom. The molecule has 0 aliphatic rings. The van der Waals surface area contributed by atoms with E-state index in [4.69, 9.17) is 51.4 Å². The van der Waals surface area contributed by atoms with Gasteiger partial charge in [0, 0.05) is 54.1 Å². The molecule has 10 N–H and O–H groups in total. The maximum Gasteiger partial charge on any atom is 0.291 e. The van der Waals surface area contributed by atoms with Crippen molar-refractivity contribution in [1.29, 1.82) is 0 Å². The standard InChI is InChI=1S/C14H12BrN3O3.C13H11IN2O2.C13H12N4O4.C13H12N2O3.C12H9ClN2O2.C11H12N4O2.C10H8N4O2/c15-12-4-2-1-3-11(12)14(20)16-8-13(19)18-17-7-10-5-6-21-9-10;1-9-5-6-12(18-9)8-15-16-13(17)10-3-2-4-11(14)7-10;18-12(16-14-8-10-3-1-5-20-10)7-13(19)17-15-9-11-4-2-6-21-11;1-10-12(6-9-17-10)13(16)15-14-7-2-4-11-5-3-8-18-11;13-10-5-3-9(4-6-10)12(16)15-14-8-11-2-1-7-17-11;1-7-5-10(14-13-7)11(16)15-12-6-9-4-3-8(2)17-9;15-10(9-7-11-3-4-12-9)14-13-6-8-2-1-5-16-8/h1-7,9H,8H2,(H,16,20)(H,18,19);2-8H,1H3,(H,16,17);1-6,8-9H,7H2,(H,16,18)(H,17,19);2-9H,1H3,(H,15,16);1-8H,(H,15,16);3-6H,1-2H3,(H,13,14)(H,15,16);1-7H,(H,14,15)/b17-7+;15-8+;14-8+,15-9+;4-2-,14-7+;14-8+;12-6+;13-6-. The van der Waals surface area contributed by atoms with Gasteiger partial charge < -0.3 is 45.1 Å². The van der Waals surface area contributed by atoms with Gasteiger partial charge in [0.15, 0.2) is 5.69 Å². The number of carbonyl (C=O) groups is 9. The molecule has 0 aliphatic carbocycles. The number of aryl methyl sites for hydroxylation is 4. The van der Waals surface area contributed by atoms with Crippen LogP contribution in [-0.4, -0.2) is 130 Å². The van der Waals surface area contributed by atoms with Crippen molar-refractivity contribution >= 4 is 159 Å². The number of hydrazone groups is 8. The fourth-order valence-electron chi connectivity index (χ4n) is 8.92. The summed E-state index contributed by atoms with van der Waals surface area (Å²) in [5, 5.41) is 39.4. The fourth-order valence-corrected chi connectivity index (χ4v) is 10.1. The topological polar surface area (TPSA) is 533 Å². The Morgan fingerprint density at radius 1 is 0.438 bits per heavy atom. The van der Waals surface area contributed by atoms with Crippen molar-refractivity contribution in [2.45, 2.75) is 34.1 Å². The molecule has 42 heteroatoms. The third kappa shape index (κ3) is 37.7. The van der Waals surface area contributed by atoms with Crippen LogP contribution >= 0.6 is 50.1 Å². The predicted octanol–water partition coefficient (Wildman–Crippen LogP) is 13.3. The molecule has 14 rings (SSSR count). The minimum absolute atomic E-state index is 0.164. The second-order valence-electron chi connectivity index (χ2n) is 24.6. The van der Waals surface area contributed by atoms with Crippen LogP contribution in [0.15, 0.2) is 336 Å². The van der Waals surface area contributed by atoms with Gasteiger partial charge in [-0.25, -0.2) is 48.4 Å². The number of aromatic nitrogens is 4. The average Bonchev–Trinajstić information content (AvgIpc) is 1.52. The number of amides is 9. The second-order valence-corrected chi connectivity index (χ2v) is 27.1. The molecule has 9 amide bonds. The number of hydrogen-bond acceptors (Lipinski definition) is 29. The minimum Gasteiger partial charge on any atom is -0.472 e. The van der Waals surface area contributed by atoms with Gasteiger partial charge in [0.1, 0.15) is 69.7 Å². The molecular weight excluding hydrogens is 1860 g/mol. The van der Waals surface area contributed by atoms with E-state index >= 15 is 0 Å². The van der Waals surface area contributed by atoms with Crippen LogP contribution in [0.5, 0.6) is 0 Å². The summed E-state index contributed by atoms with van der Waals surface area (Å²) < 4.78 is 47.1. The third-order valence-corrected chi connectivity index (χ3v) is 16.5.